The van der Waals surface area contributed by atoms with E-state index in [2.05, 4.69) is 0 Å². The van der Waals surface area contributed by atoms with E-state index in [4.69, 9.17) is 4.52 Å². The van der Waals surface area contributed by atoms with Gasteiger partial charge in [-0.1, -0.05) is 18.2 Å². The first-order valence-electron chi connectivity index (χ1n) is 5.36. The third-order valence-corrected chi connectivity index (χ3v) is 6.02. The van der Waals surface area contributed by atoms with Crippen molar-refractivity contribution in [2.45, 2.75) is 38.1 Å². The zero-order chi connectivity index (χ0) is 12.0. The molecule has 1 fully saturated rings. The van der Waals surface area contributed by atoms with Crippen LogP contribution in [0.1, 0.15) is 27.2 Å². The topological polar surface area (TPSA) is 46.5 Å². The Morgan fingerprint density at radius 2 is 1.81 bits per heavy atom. The molecule has 1 aliphatic rings. The second kappa shape index (κ2) is 3.43. The maximum atomic E-state index is 12.8. The van der Waals surface area contributed by atoms with Crippen LogP contribution >= 0.6 is 7.37 Å². The van der Waals surface area contributed by atoms with Crippen molar-refractivity contribution in [2.24, 2.45) is 0 Å². The quantitative estimate of drug-likeness (QED) is 0.767. The fourth-order valence-corrected chi connectivity index (χ4v) is 5.12. The molecule has 1 saturated heterocycles. The first kappa shape index (κ1) is 11.8. The molecule has 2 rings (SSSR count). The number of benzene rings is 1. The van der Waals surface area contributed by atoms with E-state index in [-0.39, 0.29) is 0 Å². The smallest absolute Gasteiger partial charge is 0.263 e. The van der Waals surface area contributed by atoms with Gasteiger partial charge < -0.3 is 9.63 Å². The highest BCUT2D eigenvalue weighted by atomic mass is 31.2. The van der Waals surface area contributed by atoms with E-state index in [1.807, 2.05) is 19.9 Å². The Morgan fingerprint density at radius 3 is 2.25 bits per heavy atom. The summed E-state index contributed by atoms with van der Waals surface area (Å²) in [5.41, 5.74) is -0.547. The van der Waals surface area contributed by atoms with Crippen LogP contribution in [-0.2, 0) is 9.09 Å². The lowest BCUT2D eigenvalue weighted by Crippen LogP contribution is -2.26. The molecule has 1 aromatic carbocycles. The standard InChI is InChI=1S/C12H17O3P/c1-11(2)9-12(3,13)16(14,15-11)10-7-5-4-6-8-10/h4-8,13H,9H2,1-3H3/t12-,16-/m0/s1. The minimum Gasteiger partial charge on any atom is -0.380 e. The van der Waals surface area contributed by atoms with Crippen LogP contribution in [0.4, 0.5) is 0 Å². The SMILES string of the molecule is CC1(C)C[C@@](C)(O)[P@](=O)(c2ccccc2)O1. The Kier molecular flexibility index (Phi) is 2.54. The van der Waals surface area contributed by atoms with E-state index in [1.165, 1.54) is 0 Å². The van der Waals surface area contributed by atoms with Gasteiger partial charge in [0.1, 0.15) is 5.34 Å². The molecule has 1 N–H and O–H groups in total. The van der Waals surface area contributed by atoms with Gasteiger partial charge in [-0.05, 0) is 32.9 Å². The molecule has 0 bridgehead atoms. The molecule has 0 unspecified atom stereocenters. The van der Waals surface area contributed by atoms with Crippen LogP contribution < -0.4 is 5.30 Å². The van der Waals surface area contributed by atoms with E-state index >= 15 is 0 Å². The van der Waals surface area contributed by atoms with Gasteiger partial charge in [0, 0.05) is 11.7 Å². The van der Waals surface area contributed by atoms with E-state index in [9.17, 15) is 9.67 Å². The molecule has 4 heteroatoms. The largest absolute Gasteiger partial charge is 0.380 e. The molecule has 1 heterocycles. The first-order valence-corrected chi connectivity index (χ1v) is 6.98. The van der Waals surface area contributed by atoms with E-state index in [1.54, 1.807) is 31.2 Å². The Balaban J connectivity index is 2.51. The fourth-order valence-electron chi connectivity index (χ4n) is 2.34. The van der Waals surface area contributed by atoms with Gasteiger partial charge in [-0.3, -0.25) is 4.57 Å². The molecule has 1 aliphatic heterocycles. The number of rotatable bonds is 1. The van der Waals surface area contributed by atoms with Gasteiger partial charge in [0.25, 0.3) is 7.37 Å². The van der Waals surface area contributed by atoms with E-state index < -0.39 is 18.3 Å². The Bertz CT molecular complexity index is 437. The molecule has 0 amide bonds. The van der Waals surface area contributed by atoms with Crippen LogP contribution in [0.2, 0.25) is 0 Å². The van der Waals surface area contributed by atoms with Crippen LogP contribution in [0.15, 0.2) is 30.3 Å². The molecule has 0 radical (unpaired) electrons. The van der Waals surface area contributed by atoms with Crippen molar-refractivity contribution in [3.05, 3.63) is 30.3 Å². The summed E-state index contributed by atoms with van der Waals surface area (Å²) in [4.78, 5) is 0. The van der Waals surface area contributed by atoms with Crippen molar-refractivity contribution in [1.29, 1.82) is 0 Å². The number of hydrogen-bond acceptors (Lipinski definition) is 3. The van der Waals surface area contributed by atoms with Gasteiger partial charge in [0.2, 0.25) is 0 Å². The number of hydrogen-bond donors (Lipinski definition) is 1. The Hall–Kier alpha value is -0.630. The molecule has 2 atom stereocenters. The van der Waals surface area contributed by atoms with Crippen molar-refractivity contribution in [1.82, 2.24) is 0 Å². The molecular weight excluding hydrogens is 223 g/mol. The summed E-state index contributed by atoms with van der Waals surface area (Å²) in [6.45, 7) is 5.30. The summed E-state index contributed by atoms with van der Waals surface area (Å²) >= 11 is 0. The minimum atomic E-state index is -3.19. The predicted molar refractivity (Wildman–Crippen MR) is 64.1 cm³/mol. The Morgan fingerprint density at radius 1 is 1.25 bits per heavy atom. The van der Waals surface area contributed by atoms with Crippen molar-refractivity contribution in [3.63, 3.8) is 0 Å². The highest BCUT2D eigenvalue weighted by molar-refractivity contribution is 7.68. The third kappa shape index (κ3) is 1.73. The molecule has 0 aromatic heterocycles. The normalized spacial score (nSPS) is 37.5. The van der Waals surface area contributed by atoms with Crippen molar-refractivity contribution in [3.8, 4) is 0 Å². The van der Waals surface area contributed by atoms with Crippen LogP contribution in [0.5, 0.6) is 0 Å². The van der Waals surface area contributed by atoms with Crippen LogP contribution in [0.25, 0.3) is 0 Å². The third-order valence-electron chi connectivity index (χ3n) is 2.87. The molecule has 88 valence electrons. The summed E-state index contributed by atoms with van der Waals surface area (Å²) in [6.07, 6.45) is 0.381. The van der Waals surface area contributed by atoms with E-state index in [0.717, 1.165) is 0 Å². The number of aliphatic hydroxyl groups is 1. The fraction of sp³-hybridized carbons (Fsp3) is 0.500. The lowest BCUT2D eigenvalue weighted by molar-refractivity contribution is 0.0933. The van der Waals surface area contributed by atoms with Gasteiger partial charge >= 0.3 is 0 Å². The summed E-state index contributed by atoms with van der Waals surface area (Å²) in [6, 6.07) is 8.96. The van der Waals surface area contributed by atoms with Gasteiger partial charge in [0.15, 0.2) is 0 Å². The molecule has 0 saturated carbocycles. The van der Waals surface area contributed by atoms with Gasteiger partial charge in [-0.25, -0.2) is 0 Å². The predicted octanol–water partition coefficient (Wildman–Crippen LogP) is 2.50. The zero-order valence-electron chi connectivity index (χ0n) is 9.80. The molecular formula is C12H17O3P. The summed E-state index contributed by atoms with van der Waals surface area (Å²) in [7, 11) is -3.19. The maximum absolute atomic E-state index is 12.8. The molecule has 16 heavy (non-hydrogen) atoms. The average Bonchev–Trinajstić information content (AvgIpc) is 2.33. The molecule has 3 nitrogen and oxygen atoms in total. The summed E-state index contributed by atoms with van der Waals surface area (Å²) in [5, 5.41) is 9.62. The zero-order valence-corrected chi connectivity index (χ0v) is 10.7. The molecule has 0 aliphatic carbocycles. The van der Waals surface area contributed by atoms with Crippen LogP contribution in [-0.4, -0.2) is 16.0 Å². The molecule has 1 aromatic rings. The minimum absolute atomic E-state index is 0.381. The monoisotopic (exact) mass is 240 g/mol. The van der Waals surface area contributed by atoms with Crippen molar-refractivity contribution in [2.75, 3.05) is 0 Å². The van der Waals surface area contributed by atoms with Crippen molar-refractivity contribution < 1.29 is 14.2 Å². The lowest BCUT2D eigenvalue weighted by atomic mass is 10.0. The lowest BCUT2D eigenvalue weighted by Gasteiger charge is -2.24. The highest BCUT2D eigenvalue weighted by Gasteiger charge is 2.57. The van der Waals surface area contributed by atoms with Crippen molar-refractivity contribution >= 4 is 12.7 Å². The van der Waals surface area contributed by atoms with Crippen LogP contribution in [0, 0.1) is 0 Å². The van der Waals surface area contributed by atoms with Gasteiger partial charge in [-0.15, -0.1) is 0 Å². The average molecular weight is 240 g/mol. The van der Waals surface area contributed by atoms with Gasteiger partial charge in [-0.2, -0.15) is 0 Å². The maximum Gasteiger partial charge on any atom is 0.263 e. The van der Waals surface area contributed by atoms with E-state index in [0.29, 0.717) is 11.7 Å². The summed E-state index contributed by atoms with van der Waals surface area (Å²) in [5.74, 6) is 0. The first-order chi connectivity index (χ1) is 7.27. The second-order valence-corrected chi connectivity index (χ2v) is 7.90. The van der Waals surface area contributed by atoms with Crippen LogP contribution in [0.3, 0.4) is 0 Å². The van der Waals surface area contributed by atoms with Gasteiger partial charge in [0.05, 0.1) is 5.60 Å². The summed E-state index contributed by atoms with van der Waals surface area (Å²) < 4.78 is 18.5. The Labute approximate surface area is 95.9 Å². The highest BCUT2D eigenvalue weighted by Crippen LogP contribution is 2.67. The molecule has 0 spiro atoms. The second-order valence-electron chi connectivity index (χ2n) is 5.13.